The average molecular weight is 697 g/mol. The molecule has 3 aliphatic rings. The summed E-state index contributed by atoms with van der Waals surface area (Å²) in [6.45, 7) is 16.6. The topological polar surface area (TPSA) is 97.5 Å². The molecule has 0 aromatic heterocycles. The fourth-order valence-electron chi connectivity index (χ4n) is 6.92. The second-order valence-corrected chi connectivity index (χ2v) is 14.1. The van der Waals surface area contributed by atoms with E-state index in [4.69, 9.17) is 16.3 Å². The molecule has 2 N–H and O–H groups in total. The molecule has 2 aromatic carbocycles. The van der Waals surface area contributed by atoms with Gasteiger partial charge in [0.2, 0.25) is 11.8 Å². The molecule has 11 heteroatoms. The standard InChI is InChI=1S/C30H48N6O4.C8H9Cl/c1-5-40-30(39)34-14-11-25(12-15-34)36(21-22(2)3)35-18-16-33(17-19-35)29(38)23(4)32-28(37)20-27-26-9-7-6-8-24(26)10-13-31-27;1-2-7-3-5-8(9)6-4-7/h6-9,22-23,25,27,31H,5,10-21H2,1-4H3,(H,32,37);3-6H,2H2,1H3/t23-,27?;/m1./s1. The summed E-state index contributed by atoms with van der Waals surface area (Å²) in [5.74, 6) is 0.373. The molecule has 10 nitrogen and oxygen atoms in total. The van der Waals surface area contributed by atoms with E-state index in [0.29, 0.717) is 51.2 Å². The van der Waals surface area contributed by atoms with Crippen LogP contribution in [-0.2, 0) is 27.2 Å². The van der Waals surface area contributed by atoms with Crippen molar-refractivity contribution in [2.75, 3.05) is 59.0 Å². The number of carbonyl (C=O) groups excluding carboxylic acids is 3. The maximum atomic E-state index is 13.2. The third-order valence-corrected chi connectivity index (χ3v) is 9.82. The minimum Gasteiger partial charge on any atom is -0.450 e. The SMILES string of the molecule is CCOC(=O)N1CCC(N(CC(C)C)N2CCN(C(=O)[C@@H](C)NC(=O)CC3NCCc4ccccc43)CC2)CC1.CCc1ccc(Cl)cc1. The number of rotatable bonds is 10. The molecule has 3 aliphatic heterocycles. The molecule has 0 aliphatic carbocycles. The molecule has 2 aromatic rings. The van der Waals surface area contributed by atoms with E-state index in [1.165, 1.54) is 16.7 Å². The first kappa shape index (κ1) is 38.6. The summed E-state index contributed by atoms with van der Waals surface area (Å²) in [5.41, 5.74) is 3.80. The summed E-state index contributed by atoms with van der Waals surface area (Å²) >= 11 is 5.67. The zero-order valence-electron chi connectivity index (χ0n) is 30.1. The molecular weight excluding hydrogens is 640 g/mol. The Morgan fingerprint density at radius 1 is 0.939 bits per heavy atom. The van der Waals surface area contributed by atoms with Gasteiger partial charge < -0.3 is 25.2 Å². The molecule has 49 heavy (non-hydrogen) atoms. The van der Waals surface area contributed by atoms with Gasteiger partial charge in [-0.2, -0.15) is 0 Å². The van der Waals surface area contributed by atoms with Crippen molar-refractivity contribution < 1.29 is 19.1 Å². The molecule has 3 amide bonds. The first-order valence-corrected chi connectivity index (χ1v) is 18.5. The van der Waals surface area contributed by atoms with Crippen molar-refractivity contribution in [3.05, 3.63) is 70.2 Å². The first-order valence-electron chi connectivity index (χ1n) is 18.2. The van der Waals surface area contributed by atoms with Gasteiger partial charge in [-0.3, -0.25) is 9.59 Å². The molecule has 0 spiro atoms. The van der Waals surface area contributed by atoms with Gasteiger partial charge in [0.1, 0.15) is 6.04 Å². The summed E-state index contributed by atoms with van der Waals surface area (Å²) < 4.78 is 5.18. The average Bonchev–Trinajstić information content (AvgIpc) is 3.11. The summed E-state index contributed by atoms with van der Waals surface area (Å²) in [6, 6.07) is 16.0. The lowest BCUT2D eigenvalue weighted by Gasteiger charge is -2.47. The van der Waals surface area contributed by atoms with Crippen LogP contribution in [-0.4, -0.2) is 109 Å². The second-order valence-electron chi connectivity index (χ2n) is 13.6. The lowest BCUT2D eigenvalue weighted by atomic mass is 9.92. The van der Waals surface area contributed by atoms with Gasteiger partial charge in [-0.25, -0.2) is 14.8 Å². The Morgan fingerprint density at radius 2 is 1.61 bits per heavy atom. The maximum absolute atomic E-state index is 13.2. The van der Waals surface area contributed by atoms with Crippen molar-refractivity contribution in [1.82, 2.24) is 30.5 Å². The van der Waals surface area contributed by atoms with Crippen LogP contribution >= 0.6 is 11.6 Å². The molecule has 2 saturated heterocycles. The van der Waals surface area contributed by atoms with Crippen LogP contribution in [0.3, 0.4) is 0 Å². The minimum absolute atomic E-state index is 0.0214. The van der Waals surface area contributed by atoms with Crippen LogP contribution in [0.15, 0.2) is 48.5 Å². The molecule has 2 fully saturated rings. The number of nitrogens with one attached hydrogen (secondary N) is 2. The molecular formula is C38H57ClN6O4. The Morgan fingerprint density at radius 3 is 2.24 bits per heavy atom. The number of hydrogen-bond acceptors (Lipinski definition) is 7. The second kappa shape index (κ2) is 19.3. The molecule has 0 radical (unpaired) electrons. The number of likely N-dealkylation sites (tertiary alicyclic amines) is 1. The lowest BCUT2D eigenvalue weighted by Crippen LogP contribution is -2.61. The summed E-state index contributed by atoms with van der Waals surface area (Å²) in [5, 5.41) is 12.1. The zero-order valence-corrected chi connectivity index (χ0v) is 30.9. The fraction of sp³-hybridized carbons (Fsp3) is 0.605. The fourth-order valence-corrected chi connectivity index (χ4v) is 7.05. The number of piperazine rings is 1. The number of nitrogens with zero attached hydrogens (tertiary/aromatic N) is 4. The monoisotopic (exact) mass is 696 g/mol. The molecule has 1 unspecified atom stereocenters. The van der Waals surface area contributed by atoms with Crippen molar-refractivity contribution >= 4 is 29.5 Å². The minimum atomic E-state index is -0.558. The van der Waals surface area contributed by atoms with Crippen LogP contribution in [0.4, 0.5) is 4.79 Å². The van der Waals surface area contributed by atoms with E-state index in [1.807, 2.05) is 53.1 Å². The normalized spacial score (nSPS) is 19.1. The van der Waals surface area contributed by atoms with Crippen molar-refractivity contribution in [3.63, 3.8) is 0 Å². The largest absolute Gasteiger partial charge is 0.450 e. The Labute approximate surface area is 298 Å². The van der Waals surface area contributed by atoms with Gasteiger partial charge in [0.25, 0.3) is 0 Å². The van der Waals surface area contributed by atoms with Crippen LogP contribution in [0, 0.1) is 5.92 Å². The van der Waals surface area contributed by atoms with E-state index in [2.05, 4.69) is 53.6 Å². The smallest absolute Gasteiger partial charge is 0.409 e. The third kappa shape index (κ3) is 11.4. The number of amides is 3. The van der Waals surface area contributed by atoms with E-state index in [1.54, 1.807) is 6.92 Å². The summed E-state index contributed by atoms with van der Waals surface area (Å²) in [6.07, 6.45) is 3.97. The van der Waals surface area contributed by atoms with Crippen LogP contribution in [0.25, 0.3) is 0 Å². The van der Waals surface area contributed by atoms with Crippen LogP contribution in [0.5, 0.6) is 0 Å². The van der Waals surface area contributed by atoms with Crippen molar-refractivity contribution in [3.8, 4) is 0 Å². The van der Waals surface area contributed by atoms with Crippen LogP contribution in [0.1, 0.15) is 76.6 Å². The van der Waals surface area contributed by atoms with E-state index in [9.17, 15) is 14.4 Å². The zero-order chi connectivity index (χ0) is 35.3. The summed E-state index contributed by atoms with van der Waals surface area (Å²) in [7, 11) is 0. The number of ether oxygens (including phenoxy) is 1. The number of benzene rings is 2. The summed E-state index contributed by atoms with van der Waals surface area (Å²) in [4.78, 5) is 41.9. The van der Waals surface area contributed by atoms with E-state index in [-0.39, 0.29) is 23.9 Å². The Bertz CT molecular complexity index is 1340. The Balaban J connectivity index is 0.000000520. The molecule has 0 bridgehead atoms. The van der Waals surface area contributed by atoms with Gasteiger partial charge >= 0.3 is 6.09 Å². The number of hydrazine groups is 1. The highest BCUT2D eigenvalue weighted by Crippen LogP contribution is 2.25. The number of aryl methyl sites for hydroxylation is 1. The maximum Gasteiger partial charge on any atom is 0.409 e. The van der Waals surface area contributed by atoms with E-state index < -0.39 is 6.04 Å². The van der Waals surface area contributed by atoms with Gasteiger partial charge in [-0.05, 0) is 80.8 Å². The number of piperidine rings is 1. The van der Waals surface area contributed by atoms with Crippen molar-refractivity contribution in [1.29, 1.82) is 0 Å². The molecule has 3 heterocycles. The van der Waals surface area contributed by atoms with Crippen LogP contribution < -0.4 is 10.6 Å². The Kier molecular flexibility index (Phi) is 15.2. The van der Waals surface area contributed by atoms with E-state index >= 15 is 0 Å². The molecule has 270 valence electrons. The van der Waals surface area contributed by atoms with Gasteiger partial charge in [0.15, 0.2) is 0 Å². The molecule has 0 saturated carbocycles. The predicted octanol–water partition coefficient (Wildman–Crippen LogP) is 5.31. The van der Waals surface area contributed by atoms with Crippen LogP contribution in [0.2, 0.25) is 5.02 Å². The highest BCUT2D eigenvalue weighted by molar-refractivity contribution is 6.30. The number of fused-ring (bicyclic) bond motifs is 1. The quantitative estimate of drug-likeness (QED) is 0.348. The van der Waals surface area contributed by atoms with Gasteiger partial charge in [-0.15, -0.1) is 0 Å². The van der Waals surface area contributed by atoms with Gasteiger partial charge in [0.05, 0.1) is 6.61 Å². The number of hydrogen-bond donors (Lipinski definition) is 2. The van der Waals surface area contributed by atoms with E-state index in [0.717, 1.165) is 56.9 Å². The molecule has 2 atom stereocenters. The first-order chi connectivity index (χ1) is 23.6. The lowest BCUT2D eigenvalue weighted by molar-refractivity contribution is -0.144. The van der Waals surface area contributed by atoms with Gasteiger partial charge in [0, 0.05) is 69.3 Å². The van der Waals surface area contributed by atoms with Crippen molar-refractivity contribution in [2.24, 2.45) is 5.92 Å². The predicted molar refractivity (Wildman–Crippen MR) is 195 cm³/mol. The molecule has 5 rings (SSSR count). The Hall–Kier alpha value is -3.18. The highest BCUT2D eigenvalue weighted by Gasteiger charge is 2.34. The third-order valence-electron chi connectivity index (χ3n) is 9.57. The number of halogens is 1. The highest BCUT2D eigenvalue weighted by atomic mass is 35.5. The van der Waals surface area contributed by atoms with Gasteiger partial charge in [-0.1, -0.05) is 68.8 Å². The van der Waals surface area contributed by atoms with Crippen molar-refractivity contribution in [2.45, 2.75) is 84.8 Å². The number of carbonyl (C=O) groups is 3.